The van der Waals surface area contributed by atoms with Gasteiger partial charge in [0.1, 0.15) is 0 Å². The van der Waals surface area contributed by atoms with Gasteiger partial charge in [-0.25, -0.2) is 0 Å². The second kappa shape index (κ2) is 2.85. The third-order valence-electron chi connectivity index (χ3n) is 0.999. The molecule has 0 aromatic rings. The van der Waals surface area contributed by atoms with Crippen molar-refractivity contribution < 1.29 is 0 Å². The maximum Gasteiger partial charge on any atom is 0.0938 e. The summed E-state index contributed by atoms with van der Waals surface area (Å²) < 4.78 is 0. The second-order valence-electron chi connectivity index (χ2n) is 3.45. The molecule has 0 fully saturated rings. The van der Waals surface area contributed by atoms with Crippen LogP contribution in [0.4, 0.5) is 0 Å². The van der Waals surface area contributed by atoms with Crippen LogP contribution < -0.4 is 5.73 Å². The first-order valence-electron chi connectivity index (χ1n) is 3.17. The number of nitrogens with two attached hydrogens (primary N) is 1. The molecule has 0 atom stereocenters. The lowest BCUT2D eigenvalue weighted by Gasteiger charge is -2.16. The van der Waals surface area contributed by atoms with Crippen molar-refractivity contribution in [2.45, 2.75) is 27.2 Å². The van der Waals surface area contributed by atoms with Crippen LogP contribution in [0.2, 0.25) is 0 Å². The van der Waals surface area contributed by atoms with E-state index in [1.54, 1.807) is 7.05 Å². The van der Waals surface area contributed by atoms with Gasteiger partial charge in [0.2, 0.25) is 0 Å². The Morgan fingerprint density at radius 1 is 1.44 bits per heavy atom. The summed E-state index contributed by atoms with van der Waals surface area (Å²) in [4.78, 5) is 3.87. The Bertz CT molecular complexity index is 109. The molecule has 2 heteroatoms. The molecule has 0 rings (SSSR count). The van der Waals surface area contributed by atoms with Gasteiger partial charge in [-0.05, 0) is 5.41 Å². The molecule has 2 N–H and O–H groups in total. The molecule has 2 nitrogen and oxygen atoms in total. The Morgan fingerprint density at radius 2 is 1.89 bits per heavy atom. The Balaban J connectivity index is 3.75. The Hall–Kier alpha value is -0.530. The highest BCUT2D eigenvalue weighted by molar-refractivity contribution is 5.80. The second-order valence-corrected chi connectivity index (χ2v) is 3.45. The summed E-state index contributed by atoms with van der Waals surface area (Å²) in [5, 5.41) is 0. The van der Waals surface area contributed by atoms with Gasteiger partial charge in [-0.1, -0.05) is 20.8 Å². The molecule has 0 spiro atoms. The van der Waals surface area contributed by atoms with Crippen molar-refractivity contribution in [3.05, 3.63) is 0 Å². The number of hydrogen-bond donors (Lipinski definition) is 1. The van der Waals surface area contributed by atoms with Crippen molar-refractivity contribution >= 4 is 5.84 Å². The van der Waals surface area contributed by atoms with Crippen LogP contribution in [0.25, 0.3) is 0 Å². The van der Waals surface area contributed by atoms with E-state index < -0.39 is 0 Å². The van der Waals surface area contributed by atoms with Crippen LogP contribution in [0.3, 0.4) is 0 Å². The monoisotopic (exact) mass is 128 g/mol. The van der Waals surface area contributed by atoms with Gasteiger partial charge in [-0.15, -0.1) is 0 Å². The summed E-state index contributed by atoms with van der Waals surface area (Å²) in [5.41, 5.74) is 5.78. The Kier molecular flexibility index (Phi) is 2.68. The van der Waals surface area contributed by atoms with Gasteiger partial charge in [0.15, 0.2) is 0 Å². The van der Waals surface area contributed by atoms with Gasteiger partial charge in [0.05, 0.1) is 5.84 Å². The van der Waals surface area contributed by atoms with Crippen molar-refractivity contribution in [3.8, 4) is 0 Å². The molecule has 0 aromatic heterocycles. The van der Waals surface area contributed by atoms with Gasteiger partial charge < -0.3 is 5.73 Å². The van der Waals surface area contributed by atoms with Crippen LogP contribution in [0.5, 0.6) is 0 Å². The SMILES string of the molecule is CN=C(N)CC(C)(C)C. The molecule has 0 aliphatic rings. The van der Waals surface area contributed by atoms with E-state index in [1.807, 2.05) is 0 Å². The van der Waals surface area contributed by atoms with Gasteiger partial charge in [-0.3, -0.25) is 4.99 Å². The molecular weight excluding hydrogens is 112 g/mol. The zero-order valence-electron chi connectivity index (χ0n) is 6.73. The van der Waals surface area contributed by atoms with Gasteiger partial charge in [0, 0.05) is 13.5 Å². The van der Waals surface area contributed by atoms with Crippen molar-refractivity contribution in [2.24, 2.45) is 16.1 Å². The fraction of sp³-hybridized carbons (Fsp3) is 0.857. The van der Waals surface area contributed by atoms with Crippen LogP contribution in [0.1, 0.15) is 27.2 Å². The highest BCUT2D eigenvalue weighted by Gasteiger charge is 2.10. The summed E-state index contributed by atoms with van der Waals surface area (Å²) in [6.07, 6.45) is 0.878. The standard InChI is InChI=1S/C7H16N2/c1-7(2,3)5-6(8)9-4/h5H2,1-4H3,(H2,8,9). The normalized spacial score (nSPS) is 14.0. The maximum absolute atomic E-state index is 5.51. The third-order valence-corrected chi connectivity index (χ3v) is 0.999. The zero-order valence-corrected chi connectivity index (χ0v) is 6.73. The number of rotatable bonds is 1. The van der Waals surface area contributed by atoms with E-state index in [1.165, 1.54) is 0 Å². The average Bonchev–Trinajstić information content (AvgIpc) is 1.62. The molecule has 0 aromatic carbocycles. The zero-order chi connectivity index (χ0) is 7.49. The summed E-state index contributed by atoms with van der Waals surface area (Å²) in [6, 6.07) is 0. The Morgan fingerprint density at radius 3 is 2.00 bits per heavy atom. The average molecular weight is 128 g/mol. The van der Waals surface area contributed by atoms with Crippen molar-refractivity contribution in [2.75, 3.05) is 7.05 Å². The van der Waals surface area contributed by atoms with Gasteiger partial charge in [0.25, 0.3) is 0 Å². The summed E-state index contributed by atoms with van der Waals surface area (Å²) >= 11 is 0. The summed E-state index contributed by atoms with van der Waals surface area (Å²) in [5.74, 6) is 0.738. The molecule has 0 amide bonds. The quantitative estimate of drug-likeness (QED) is 0.421. The van der Waals surface area contributed by atoms with E-state index in [4.69, 9.17) is 5.73 Å². The van der Waals surface area contributed by atoms with Crippen molar-refractivity contribution in [3.63, 3.8) is 0 Å². The van der Waals surface area contributed by atoms with E-state index in [-0.39, 0.29) is 5.41 Å². The fourth-order valence-electron chi connectivity index (χ4n) is 0.622. The minimum Gasteiger partial charge on any atom is -0.387 e. The summed E-state index contributed by atoms with van der Waals surface area (Å²) in [6.45, 7) is 6.43. The molecule has 54 valence electrons. The largest absolute Gasteiger partial charge is 0.387 e. The molecule has 0 bridgehead atoms. The highest BCUT2D eigenvalue weighted by Crippen LogP contribution is 2.17. The number of nitrogens with zero attached hydrogens (tertiary/aromatic N) is 1. The lowest BCUT2D eigenvalue weighted by atomic mass is 9.92. The molecular formula is C7H16N2. The van der Waals surface area contributed by atoms with E-state index in [9.17, 15) is 0 Å². The molecule has 0 heterocycles. The van der Waals surface area contributed by atoms with E-state index in [2.05, 4.69) is 25.8 Å². The minimum atomic E-state index is 0.267. The number of aliphatic imine (C=N–C) groups is 1. The first kappa shape index (κ1) is 8.47. The molecule has 0 aliphatic carbocycles. The van der Waals surface area contributed by atoms with Crippen molar-refractivity contribution in [1.29, 1.82) is 0 Å². The van der Waals surface area contributed by atoms with E-state index >= 15 is 0 Å². The van der Waals surface area contributed by atoms with Crippen LogP contribution in [0.15, 0.2) is 4.99 Å². The predicted molar refractivity (Wildman–Crippen MR) is 41.6 cm³/mol. The van der Waals surface area contributed by atoms with E-state index in [0.29, 0.717) is 0 Å². The lowest BCUT2D eigenvalue weighted by molar-refractivity contribution is 0.432. The van der Waals surface area contributed by atoms with E-state index in [0.717, 1.165) is 12.3 Å². The maximum atomic E-state index is 5.51. The van der Waals surface area contributed by atoms with Gasteiger partial charge in [-0.2, -0.15) is 0 Å². The smallest absolute Gasteiger partial charge is 0.0938 e. The Labute approximate surface area is 57.2 Å². The minimum absolute atomic E-state index is 0.267. The molecule has 9 heavy (non-hydrogen) atoms. The fourth-order valence-corrected chi connectivity index (χ4v) is 0.622. The highest BCUT2D eigenvalue weighted by atomic mass is 14.8. The van der Waals surface area contributed by atoms with Crippen LogP contribution in [0, 0.1) is 5.41 Å². The molecule has 0 unspecified atom stereocenters. The first-order chi connectivity index (χ1) is 3.95. The van der Waals surface area contributed by atoms with Crippen LogP contribution >= 0.6 is 0 Å². The van der Waals surface area contributed by atoms with Gasteiger partial charge >= 0.3 is 0 Å². The molecule has 0 radical (unpaired) electrons. The third kappa shape index (κ3) is 5.34. The van der Waals surface area contributed by atoms with Crippen LogP contribution in [-0.2, 0) is 0 Å². The molecule has 0 saturated heterocycles. The first-order valence-corrected chi connectivity index (χ1v) is 3.17. The topological polar surface area (TPSA) is 38.4 Å². The number of hydrogen-bond acceptors (Lipinski definition) is 1. The molecule has 0 saturated carbocycles. The van der Waals surface area contributed by atoms with Crippen molar-refractivity contribution in [1.82, 2.24) is 0 Å². The molecule has 0 aliphatic heterocycles. The summed E-state index contributed by atoms with van der Waals surface area (Å²) in [7, 11) is 1.72. The number of amidine groups is 1. The lowest BCUT2D eigenvalue weighted by Crippen LogP contribution is -2.19. The predicted octanol–water partition coefficient (Wildman–Crippen LogP) is 1.41. The van der Waals surface area contributed by atoms with Crippen LogP contribution in [-0.4, -0.2) is 12.9 Å².